The molecule has 0 aromatic heterocycles. The van der Waals surface area contributed by atoms with Crippen molar-refractivity contribution in [1.82, 2.24) is 10.2 Å². The van der Waals surface area contributed by atoms with Crippen molar-refractivity contribution in [3.05, 3.63) is 34.3 Å². The lowest BCUT2D eigenvalue weighted by atomic mass is 10.1. The van der Waals surface area contributed by atoms with Crippen molar-refractivity contribution in [3.8, 4) is 0 Å². The summed E-state index contributed by atoms with van der Waals surface area (Å²) in [5.74, 6) is 0.293. The van der Waals surface area contributed by atoms with Gasteiger partial charge < -0.3 is 5.32 Å². The number of nitrogens with zero attached hydrogens (tertiary/aromatic N) is 1. The Morgan fingerprint density at radius 1 is 1.43 bits per heavy atom. The lowest BCUT2D eigenvalue weighted by molar-refractivity contribution is -0.143. The molecule has 0 radical (unpaired) electrons. The van der Waals surface area contributed by atoms with Gasteiger partial charge >= 0.3 is 6.18 Å². The summed E-state index contributed by atoms with van der Waals surface area (Å²) in [7, 11) is 0. The molecule has 1 aliphatic rings. The minimum absolute atomic E-state index is 0.194. The summed E-state index contributed by atoms with van der Waals surface area (Å²) in [6.45, 7) is 3.10. The Bertz CT molecular complexity index is 464. The SMILES string of the molecule is CC(NCC1CCN(CC(F)(F)F)C1)c1cccc(Br)c1. The molecule has 0 saturated carbocycles. The van der Waals surface area contributed by atoms with Crippen molar-refractivity contribution in [1.29, 1.82) is 0 Å². The van der Waals surface area contributed by atoms with Crippen LogP contribution >= 0.6 is 15.9 Å². The molecule has 118 valence electrons. The molecule has 6 heteroatoms. The Labute approximate surface area is 131 Å². The quantitative estimate of drug-likeness (QED) is 0.849. The minimum atomic E-state index is -4.09. The highest BCUT2D eigenvalue weighted by molar-refractivity contribution is 9.10. The van der Waals surface area contributed by atoms with Gasteiger partial charge in [-0.15, -0.1) is 0 Å². The Morgan fingerprint density at radius 2 is 2.19 bits per heavy atom. The molecule has 2 nitrogen and oxygen atoms in total. The van der Waals surface area contributed by atoms with E-state index in [9.17, 15) is 13.2 Å². The van der Waals surface area contributed by atoms with Gasteiger partial charge in [0.1, 0.15) is 0 Å². The van der Waals surface area contributed by atoms with Crippen LogP contribution in [-0.2, 0) is 0 Å². The lowest BCUT2D eigenvalue weighted by Crippen LogP contribution is -2.34. The molecular formula is C15H20BrF3N2. The molecule has 1 saturated heterocycles. The van der Waals surface area contributed by atoms with E-state index in [0.29, 0.717) is 19.0 Å². The number of rotatable bonds is 5. The highest BCUT2D eigenvalue weighted by Gasteiger charge is 2.34. The number of hydrogen-bond acceptors (Lipinski definition) is 2. The van der Waals surface area contributed by atoms with Gasteiger partial charge in [0, 0.05) is 17.1 Å². The number of halogens is 4. The molecule has 2 atom stereocenters. The largest absolute Gasteiger partial charge is 0.401 e. The standard InChI is InChI=1S/C15H20BrF3N2/c1-11(13-3-2-4-14(16)7-13)20-8-12-5-6-21(9-12)10-15(17,18)19/h2-4,7,11-12,20H,5-6,8-10H2,1H3. The maximum atomic E-state index is 12.3. The van der Waals surface area contributed by atoms with E-state index in [1.165, 1.54) is 10.5 Å². The van der Waals surface area contributed by atoms with E-state index in [-0.39, 0.29) is 6.04 Å². The number of likely N-dealkylation sites (tertiary alicyclic amines) is 1. The van der Waals surface area contributed by atoms with Gasteiger partial charge in [-0.2, -0.15) is 13.2 Å². The second-order valence-corrected chi connectivity index (χ2v) is 6.61. The van der Waals surface area contributed by atoms with Crippen LogP contribution in [0.15, 0.2) is 28.7 Å². The van der Waals surface area contributed by atoms with E-state index in [2.05, 4.69) is 34.2 Å². The summed E-state index contributed by atoms with van der Waals surface area (Å²) in [5, 5.41) is 3.42. The van der Waals surface area contributed by atoms with E-state index in [4.69, 9.17) is 0 Å². The fourth-order valence-electron chi connectivity index (χ4n) is 2.71. The van der Waals surface area contributed by atoms with Gasteiger partial charge in [-0.05, 0) is 50.0 Å². The Balaban J connectivity index is 1.77. The second kappa shape index (κ2) is 7.11. The van der Waals surface area contributed by atoms with Gasteiger partial charge in [0.2, 0.25) is 0 Å². The van der Waals surface area contributed by atoms with Gasteiger partial charge in [-0.3, -0.25) is 4.90 Å². The molecule has 1 aromatic carbocycles. The highest BCUT2D eigenvalue weighted by Crippen LogP contribution is 2.23. The summed E-state index contributed by atoms with van der Waals surface area (Å²) >= 11 is 3.44. The highest BCUT2D eigenvalue weighted by atomic mass is 79.9. The molecular weight excluding hydrogens is 345 g/mol. The average Bonchev–Trinajstić information content (AvgIpc) is 2.81. The monoisotopic (exact) mass is 364 g/mol. The van der Waals surface area contributed by atoms with Crippen LogP contribution in [0.1, 0.15) is 24.9 Å². The second-order valence-electron chi connectivity index (χ2n) is 5.69. The molecule has 2 unspecified atom stereocenters. The van der Waals surface area contributed by atoms with E-state index < -0.39 is 12.7 Å². The minimum Gasteiger partial charge on any atom is -0.310 e. The third-order valence-electron chi connectivity index (χ3n) is 3.83. The molecule has 1 N–H and O–H groups in total. The van der Waals surface area contributed by atoms with Crippen molar-refractivity contribution < 1.29 is 13.2 Å². The van der Waals surface area contributed by atoms with E-state index in [0.717, 1.165) is 17.4 Å². The molecule has 1 heterocycles. The van der Waals surface area contributed by atoms with Crippen LogP contribution in [0.2, 0.25) is 0 Å². The summed E-state index contributed by atoms with van der Waals surface area (Å²) < 4.78 is 38.1. The first-order valence-corrected chi connectivity index (χ1v) is 7.91. The normalized spacial score (nSPS) is 21.7. The average molecular weight is 365 g/mol. The maximum Gasteiger partial charge on any atom is 0.401 e. The molecule has 0 bridgehead atoms. The first kappa shape index (κ1) is 16.8. The van der Waals surface area contributed by atoms with Crippen molar-refractivity contribution in [2.75, 3.05) is 26.2 Å². The Kier molecular flexibility index (Phi) is 5.68. The van der Waals surface area contributed by atoms with Crippen LogP contribution in [0.25, 0.3) is 0 Å². The third-order valence-corrected chi connectivity index (χ3v) is 4.33. The first-order valence-electron chi connectivity index (χ1n) is 7.11. The fraction of sp³-hybridized carbons (Fsp3) is 0.600. The number of benzene rings is 1. The van der Waals surface area contributed by atoms with Crippen molar-refractivity contribution in [3.63, 3.8) is 0 Å². The molecule has 0 amide bonds. The summed E-state index contributed by atoms with van der Waals surface area (Å²) in [6, 6.07) is 8.26. The number of alkyl halides is 3. The van der Waals surface area contributed by atoms with Crippen LogP contribution < -0.4 is 5.32 Å². The van der Waals surface area contributed by atoms with Gasteiger partial charge in [0.15, 0.2) is 0 Å². The topological polar surface area (TPSA) is 15.3 Å². The van der Waals surface area contributed by atoms with Crippen LogP contribution in [0, 0.1) is 5.92 Å². The zero-order valence-electron chi connectivity index (χ0n) is 12.0. The summed E-state index contributed by atoms with van der Waals surface area (Å²) in [5.41, 5.74) is 1.18. The summed E-state index contributed by atoms with van der Waals surface area (Å²) in [6.07, 6.45) is -3.26. The molecule has 1 aromatic rings. The van der Waals surface area contributed by atoms with Gasteiger partial charge in [0.05, 0.1) is 6.54 Å². The molecule has 0 aliphatic carbocycles. The number of hydrogen-bond donors (Lipinski definition) is 1. The van der Waals surface area contributed by atoms with Crippen LogP contribution in [0.3, 0.4) is 0 Å². The molecule has 1 fully saturated rings. The van der Waals surface area contributed by atoms with Crippen LogP contribution in [0.4, 0.5) is 13.2 Å². The first-order chi connectivity index (χ1) is 9.83. The number of nitrogens with one attached hydrogen (secondary N) is 1. The van der Waals surface area contributed by atoms with Crippen molar-refractivity contribution in [2.24, 2.45) is 5.92 Å². The zero-order valence-corrected chi connectivity index (χ0v) is 13.5. The van der Waals surface area contributed by atoms with Gasteiger partial charge in [0.25, 0.3) is 0 Å². The molecule has 0 spiro atoms. The maximum absolute atomic E-state index is 12.3. The predicted molar refractivity (Wildman–Crippen MR) is 81.2 cm³/mol. The van der Waals surface area contributed by atoms with Crippen molar-refractivity contribution >= 4 is 15.9 Å². The molecule has 1 aliphatic heterocycles. The third kappa shape index (κ3) is 5.60. The molecule has 21 heavy (non-hydrogen) atoms. The Hall–Kier alpha value is -0.590. The predicted octanol–water partition coefficient (Wildman–Crippen LogP) is 3.98. The van der Waals surface area contributed by atoms with Crippen LogP contribution in [0.5, 0.6) is 0 Å². The summed E-state index contributed by atoms with van der Waals surface area (Å²) in [4.78, 5) is 1.50. The van der Waals surface area contributed by atoms with Crippen LogP contribution in [-0.4, -0.2) is 37.3 Å². The van der Waals surface area contributed by atoms with E-state index in [1.807, 2.05) is 18.2 Å². The van der Waals surface area contributed by atoms with Gasteiger partial charge in [-0.1, -0.05) is 28.1 Å². The smallest absolute Gasteiger partial charge is 0.310 e. The van der Waals surface area contributed by atoms with E-state index >= 15 is 0 Å². The van der Waals surface area contributed by atoms with E-state index in [1.54, 1.807) is 0 Å². The van der Waals surface area contributed by atoms with Crippen molar-refractivity contribution in [2.45, 2.75) is 25.6 Å². The fourth-order valence-corrected chi connectivity index (χ4v) is 3.13. The van der Waals surface area contributed by atoms with Gasteiger partial charge in [-0.25, -0.2) is 0 Å². The lowest BCUT2D eigenvalue weighted by Gasteiger charge is -2.20. The zero-order chi connectivity index (χ0) is 15.5. The Morgan fingerprint density at radius 3 is 2.86 bits per heavy atom. The molecule has 2 rings (SSSR count).